The fourth-order valence-electron chi connectivity index (χ4n) is 2.29. The molecule has 0 spiro atoms. The van der Waals surface area contributed by atoms with E-state index in [1.165, 1.54) is 28.6 Å². The molecule has 120 valence electrons. The highest BCUT2D eigenvalue weighted by Gasteiger charge is 2.15. The summed E-state index contributed by atoms with van der Waals surface area (Å²) < 4.78 is 1.29. The molecule has 4 aromatic heterocycles. The number of hydrogen-bond acceptors (Lipinski definition) is 7. The molecule has 0 bridgehead atoms. The Hall–Kier alpha value is -2.85. The molecule has 24 heavy (non-hydrogen) atoms. The van der Waals surface area contributed by atoms with Gasteiger partial charge in [0.1, 0.15) is 17.7 Å². The van der Waals surface area contributed by atoms with Crippen LogP contribution in [-0.4, -0.2) is 30.6 Å². The maximum atomic E-state index is 12.8. The van der Waals surface area contributed by atoms with Gasteiger partial charge < -0.3 is 0 Å². The lowest BCUT2D eigenvalue weighted by Gasteiger charge is -2.05. The maximum absolute atomic E-state index is 12.8. The van der Waals surface area contributed by atoms with Crippen molar-refractivity contribution in [1.82, 2.24) is 24.7 Å². The summed E-state index contributed by atoms with van der Waals surface area (Å²) in [5, 5.41) is 13.1. The van der Waals surface area contributed by atoms with E-state index >= 15 is 0 Å². The molecule has 0 saturated carbocycles. The fraction of sp³-hybridized carbons (Fsp3) is 0.0714. The van der Waals surface area contributed by atoms with Crippen molar-refractivity contribution in [2.45, 2.75) is 6.54 Å². The Morgan fingerprint density at radius 2 is 2.25 bits per heavy atom. The molecule has 4 aromatic rings. The summed E-state index contributed by atoms with van der Waals surface area (Å²) in [4.78, 5) is 34.6. The summed E-state index contributed by atoms with van der Waals surface area (Å²) in [6.07, 6.45) is 2.67. The van der Waals surface area contributed by atoms with E-state index in [0.717, 1.165) is 10.4 Å². The van der Waals surface area contributed by atoms with Crippen molar-refractivity contribution in [2.24, 2.45) is 0 Å². The van der Waals surface area contributed by atoms with Crippen molar-refractivity contribution in [3.05, 3.63) is 45.9 Å². The minimum Gasteiger partial charge on any atom is -0.293 e. The lowest BCUT2D eigenvalue weighted by molar-refractivity contribution is -0.116. The van der Waals surface area contributed by atoms with E-state index in [1.54, 1.807) is 11.3 Å². The third-order valence-corrected chi connectivity index (χ3v) is 5.12. The second kappa shape index (κ2) is 5.98. The third-order valence-electron chi connectivity index (χ3n) is 3.33. The van der Waals surface area contributed by atoms with Gasteiger partial charge in [-0.3, -0.25) is 19.5 Å². The molecule has 2 N–H and O–H groups in total. The number of rotatable bonds is 4. The molecule has 0 atom stereocenters. The van der Waals surface area contributed by atoms with Gasteiger partial charge >= 0.3 is 0 Å². The van der Waals surface area contributed by atoms with Gasteiger partial charge in [0.05, 0.1) is 11.7 Å². The maximum Gasteiger partial charge on any atom is 0.263 e. The van der Waals surface area contributed by atoms with Crippen molar-refractivity contribution >= 4 is 44.7 Å². The first-order valence-corrected chi connectivity index (χ1v) is 8.64. The van der Waals surface area contributed by atoms with Crippen LogP contribution in [0.5, 0.6) is 0 Å². The number of fused-ring (bicyclic) bond motifs is 1. The highest BCUT2D eigenvalue weighted by atomic mass is 32.1. The molecule has 0 unspecified atom stereocenters. The van der Waals surface area contributed by atoms with Crippen LogP contribution in [0.1, 0.15) is 0 Å². The van der Waals surface area contributed by atoms with Crippen LogP contribution >= 0.6 is 22.7 Å². The molecular weight excluding hydrogens is 348 g/mol. The van der Waals surface area contributed by atoms with Gasteiger partial charge in [-0.2, -0.15) is 10.1 Å². The minimum absolute atomic E-state index is 0.151. The van der Waals surface area contributed by atoms with E-state index < -0.39 is 0 Å². The Balaban J connectivity index is 1.69. The Labute approximate surface area is 142 Å². The first kappa shape index (κ1) is 14.7. The molecule has 10 heteroatoms. The molecule has 8 nitrogen and oxygen atoms in total. The number of H-pyrrole nitrogens is 1. The average molecular weight is 358 g/mol. The first-order valence-electron chi connectivity index (χ1n) is 6.88. The van der Waals surface area contributed by atoms with Crippen molar-refractivity contribution < 1.29 is 4.79 Å². The summed E-state index contributed by atoms with van der Waals surface area (Å²) in [7, 11) is 0. The molecule has 0 aliphatic carbocycles. The zero-order chi connectivity index (χ0) is 16.5. The van der Waals surface area contributed by atoms with Gasteiger partial charge in [-0.1, -0.05) is 6.07 Å². The van der Waals surface area contributed by atoms with E-state index in [-0.39, 0.29) is 24.0 Å². The van der Waals surface area contributed by atoms with Crippen molar-refractivity contribution in [3.8, 4) is 10.4 Å². The quantitative estimate of drug-likeness (QED) is 0.580. The van der Waals surface area contributed by atoms with Crippen molar-refractivity contribution in [3.63, 3.8) is 0 Å². The largest absolute Gasteiger partial charge is 0.293 e. The lowest BCUT2D eigenvalue weighted by atomic mass is 10.2. The molecule has 1 amide bonds. The monoisotopic (exact) mass is 358 g/mol. The van der Waals surface area contributed by atoms with E-state index in [9.17, 15) is 9.59 Å². The molecule has 0 saturated heterocycles. The SMILES string of the molecule is O=C(Cn1cnc2scc(-c3cccs3)c2c1=O)Nc1ncn[nH]1. The molecule has 0 aliphatic rings. The molecule has 4 rings (SSSR count). The third kappa shape index (κ3) is 2.61. The van der Waals surface area contributed by atoms with Gasteiger partial charge in [0, 0.05) is 15.8 Å². The van der Waals surface area contributed by atoms with Crippen LogP contribution in [0.25, 0.3) is 20.7 Å². The highest BCUT2D eigenvalue weighted by molar-refractivity contribution is 7.18. The van der Waals surface area contributed by atoms with Gasteiger partial charge in [0.15, 0.2) is 0 Å². The van der Waals surface area contributed by atoms with E-state index in [1.807, 2.05) is 22.9 Å². The Morgan fingerprint density at radius 3 is 3.00 bits per heavy atom. The van der Waals surface area contributed by atoms with Crippen molar-refractivity contribution in [1.29, 1.82) is 0 Å². The topological polar surface area (TPSA) is 106 Å². The number of aromatic nitrogens is 5. The van der Waals surface area contributed by atoms with Gasteiger partial charge in [0.2, 0.25) is 11.9 Å². The van der Waals surface area contributed by atoms with Gasteiger partial charge in [-0.05, 0) is 11.4 Å². The summed E-state index contributed by atoms with van der Waals surface area (Å²) in [5.41, 5.74) is 0.616. The van der Waals surface area contributed by atoms with Crippen LogP contribution < -0.4 is 10.9 Å². The second-order valence-corrected chi connectivity index (χ2v) is 6.67. The van der Waals surface area contributed by atoms with E-state index in [4.69, 9.17) is 0 Å². The Morgan fingerprint density at radius 1 is 1.33 bits per heavy atom. The number of amides is 1. The molecule has 0 aromatic carbocycles. The van der Waals surface area contributed by atoms with E-state index in [0.29, 0.717) is 10.2 Å². The summed E-state index contributed by atoms with van der Waals surface area (Å²) in [6, 6.07) is 3.89. The van der Waals surface area contributed by atoms with Crippen LogP contribution in [0.3, 0.4) is 0 Å². The number of nitrogens with zero attached hydrogens (tertiary/aromatic N) is 4. The first-order chi connectivity index (χ1) is 11.7. The molecule has 4 heterocycles. The van der Waals surface area contributed by atoms with E-state index in [2.05, 4.69) is 25.5 Å². The Bertz CT molecular complexity index is 1050. The summed E-state index contributed by atoms with van der Waals surface area (Å²) >= 11 is 2.97. The number of anilines is 1. The average Bonchev–Trinajstić information content (AvgIpc) is 3.29. The standard InChI is InChI=1S/C14H10N6O2S2/c21-10(18-14-15-6-17-19-14)4-20-7-16-12-11(13(20)22)8(5-24-12)9-2-1-3-23-9/h1-3,5-7H,4H2,(H2,15,17,18,19,21). The zero-order valence-corrected chi connectivity index (χ0v) is 13.7. The van der Waals surface area contributed by atoms with Crippen LogP contribution in [0, 0.1) is 0 Å². The minimum atomic E-state index is -0.386. The number of nitrogens with one attached hydrogen (secondary N) is 2. The molecule has 0 aliphatic heterocycles. The van der Waals surface area contributed by atoms with Crippen molar-refractivity contribution in [2.75, 3.05) is 5.32 Å². The fourth-order valence-corrected chi connectivity index (χ4v) is 4.01. The lowest BCUT2D eigenvalue weighted by Crippen LogP contribution is -2.28. The second-order valence-electron chi connectivity index (χ2n) is 4.87. The number of hydrogen-bond donors (Lipinski definition) is 2. The number of thiophene rings is 2. The summed E-state index contributed by atoms with van der Waals surface area (Å²) in [6.45, 7) is -0.151. The normalized spacial score (nSPS) is 11.0. The predicted octanol–water partition coefficient (Wildman–Crippen LogP) is 1.94. The van der Waals surface area contributed by atoms with Gasteiger partial charge in [0.25, 0.3) is 5.56 Å². The summed E-state index contributed by atoms with van der Waals surface area (Å²) in [5.74, 6) is -0.153. The number of aromatic amines is 1. The van der Waals surface area contributed by atoms with Crippen LogP contribution in [0.15, 0.2) is 40.3 Å². The molecule has 0 radical (unpaired) electrons. The smallest absolute Gasteiger partial charge is 0.263 e. The van der Waals surface area contributed by atoms with Crippen LogP contribution in [0.2, 0.25) is 0 Å². The van der Waals surface area contributed by atoms with Gasteiger partial charge in [-0.15, -0.1) is 22.7 Å². The Kier molecular flexibility index (Phi) is 3.67. The van der Waals surface area contributed by atoms with Gasteiger partial charge in [-0.25, -0.2) is 10.1 Å². The number of carbonyl (C=O) groups excluding carboxylic acids is 1. The molecular formula is C14H10N6O2S2. The highest BCUT2D eigenvalue weighted by Crippen LogP contribution is 2.33. The van der Waals surface area contributed by atoms with Crippen LogP contribution in [-0.2, 0) is 11.3 Å². The number of carbonyl (C=O) groups is 1. The van der Waals surface area contributed by atoms with Crippen LogP contribution in [0.4, 0.5) is 5.95 Å². The predicted molar refractivity (Wildman–Crippen MR) is 92.2 cm³/mol. The molecule has 0 fully saturated rings. The zero-order valence-electron chi connectivity index (χ0n) is 12.1.